The molecule has 64 valence electrons. The van der Waals surface area contributed by atoms with Gasteiger partial charge in [0, 0.05) is 10.1 Å². The van der Waals surface area contributed by atoms with Gasteiger partial charge in [-0.15, -0.1) is 18.3 Å². The summed E-state index contributed by atoms with van der Waals surface area (Å²) in [5.41, 5.74) is 0. The van der Waals surface area contributed by atoms with E-state index in [1.54, 1.807) is 0 Å². The second-order valence-electron chi connectivity index (χ2n) is 2.61. The standard InChI is InChI=1S/C11H14S/c1-3-10(4-2)12-11-8-6-5-7-9-11/h3,5-10H,1,4H2,2H3. The van der Waals surface area contributed by atoms with Gasteiger partial charge in [-0.25, -0.2) is 0 Å². The van der Waals surface area contributed by atoms with Crippen molar-refractivity contribution in [2.24, 2.45) is 0 Å². The maximum atomic E-state index is 3.81. The summed E-state index contributed by atoms with van der Waals surface area (Å²) in [5.74, 6) is 0. The molecular formula is C11H14S. The minimum atomic E-state index is 0.549. The van der Waals surface area contributed by atoms with Crippen LogP contribution in [0.15, 0.2) is 47.9 Å². The van der Waals surface area contributed by atoms with Crippen LogP contribution in [0, 0.1) is 0 Å². The third-order valence-electron chi connectivity index (χ3n) is 1.70. The Bertz CT molecular complexity index is 228. The highest BCUT2D eigenvalue weighted by Gasteiger charge is 2.01. The molecule has 1 aromatic rings. The Hall–Kier alpha value is -0.690. The summed E-state index contributed by atoms with van der Waals surface area (Å²) in [4.78, 5) is 1.32. The predicted octanol–water partition coefficient (Wildman–Crippen LogP) is 3.74. The molecule has 0 aliphatic carbocycles. The Labute approximate surface area is 78.7 Å². The van der Waals surface area contributed by atoms with Crippen LogP contribution in [0.25, 0.3) is 0 Å². The lowest BCUT2D eigenvalue weighted by Gasteiger charge is -2.08. The van der Waals surface area contributed by atoms with E-state index in [4.69, 9.17) is 0 Å². The van der Waals surface area contributed by atoms with Gasteiger partial charge in [0.05, 0.1) is 0 Å². The highest BCUT2D eigenvalue weighted by atomic mass is 32.2. The molecule has 0 saturated carbocycles. The predicted molar refractivity (Wildman–Crippen MR) is 56.6 cm³/mol. The second-order valence-corrected chi connectivity index (χ2v) is 3.93. The minimum absolute atomic E-state index is 0.549. The van der Waals surface area contributed by atoms with E-state index in [2.05, 4.69) is 37.8 Å². The fourth-order valence-corrected chi connectivity index (χ4v) is 1.90. The molecule has 12 heavy (non-hydrogen) atoms. The Morgan fingerprint density at radius 1 is 1.42 bits per heavy atom. The molecule has 0 saturated heterocycles. The molecule has 0 aliphatic rings. The fraction of sp³-hybridized carbons (Fsp3) is 0.273. The van der Waals surface area contributed by atoms with Crippen LogP contribution in [-0.2, 0) is 0 Å². The van der Waals surface area contributed by atoms with Gasteiger partial charge in [0.2, 0.25) is 0 Å². The first-order chi connectivity index (χ1) is 5.86. The van der Waals surface area contributed by atoms with Gasteiger partial charge in [0.15, 0.2) is 0 Å². The van der Waals surface area contributed by atoms with E-state index in [0.717, 1.165) is 6.42 Å². The van der Waals surface area contributed by atoms with E-state index in [9.17, 15) is 0 Å². The van der Waals surface area contributed by atoms with Crippen molar-refractivity contribution in [3.05, 3.63) is 43.0 Å². The van der Waals surface area contributed by atoms with Crippen LogP contribution in [0.5, 0.6) is 0 Å². The summed E-state index contributed by atoms with van der Waals surface area (Å²) >= 11 is 1.87. The highest BCUT2D eigenvalue weighted by Crippen LogP contribution is 2.25. The quantitative estimate of drug-likeness (QED) is 0.500. The molecule has 0 radical (unpaired) electrons. The van der Waals surface area contributed by atoms with Crippen LogP contribution < -0.4 is 0 Å². The first kappa shape index (κ1) is 9.40. The zero-order chi connectivity index (χ0) is 8.81. The van der Waals surface area contributed by atoms with Crippen LogP contribution >= 0.6 is 11.8 Å². The molecular weight excluding hydrogens is 164 g/mol. The molecule has 1 atom stereocenters. The molecule has 0 aliphatic heterocycles. The lowest BCUT2D eigenvalue weighted by molar-refractivity contribution is 0.978. The summed E-state index contributed by atoms with van der Waals surface area (Å²) in [6.07, 6.45) is 3.15. The monoisotopic (exact) mass is 178 g/mol. The third kappa shape index (κ3) is 2.74. The van der Waals surface area contributed by atoms with E-state index in [0.29, 0.717) is 5.25 Å². The van der Waals surface area contributed by atoms with Crippen molar-refractivity contribution >= 4 is 11.8 Å². The van der Waals surface area contributed by atoms with Gasteiger partial charge >= 0.3 is 0 Å². The Morgan fingerprint density at radius 3 is 2.58 bits per heavy atom. The first-order valence-corrected chi connectivity index (χ1v) is 5.09. The molecule has 1 heteroatoms. The molecule has 0 heterocycles. The van der Waals surface area contributed by atoms with Gasteiger partial charge in [-0.3, -0.25) is 0 Å². The molecule has 0 nitrogen and oxygen atoms in total. The Morgan fingerprint density at radius 2 is 2.08 bits per heavy atom. The smallest absolute Gasteiger partial charge is 0.0269 e. The molecule has 1 unspecified atom stereocenters. The van der Waals surface area contributed by atoms with Gasteiger partial charge in [-0.05, 0) is 18.6 Å². The van der Waals surface area contributed by atoms with Crippen LogP contribution in [0.2, 0.25) is 0 Å². The first-order valence-electron chi connectivity index (χ1n) is 4.21. The number of benzene rings is 1. The SMILES string of the molecule is C=CC(CC)Sc1ccccc1. The number of thioether (sulfide) groups is 1. The van der Waals surface area contributed by atoms with E-state index >= 15 is 0 Å². The maximum Gasteiger partial charge on any atom is 0.0269 e. The van der Waals surface area contributed by atoms with Crippen molar-refractivity contribution in [3.8, 4) is 0 Å². The molecule has 0 bridgehead atoms. The average molecular weight is 178 g/mol. The van der Waals surface area contributed by atoms with Crippen molar-refractivity contribution in [2.75, 3.05) is 0 Å². The zero-order valence-electron chi connectivity index (χ0n) is 7.36. The normalized spacial score (nSPS) is 12.4. The molecule has 1 rings (SSSR count). The summed E-state index contributed by atoms with van der Waals surface area (Å²) in [6.45, 7) is 5.99. The van der Waals surface area contributed by atoms with Crippen LogP contribution in [-0.4, -0.2) is 5.25 Å². The highest BCUT2D eigenvalue weighted by molar-refractivity contribution is 8.00. The molecule has 0 spiro atoms. The number of hydrogen-bond acceptors (Lipinski definition) is 1. The van der Waals surface area contributed by atoms with E-state index < -0.39 is 0 Å². The largest absolute Gasteiger partial charge is 0.119 e. The summed E-state index contributed by atoms with van der Waals surface area (Å²) < 4.78 is 0. The van der Waals surface area contributed by atoms with Gasteiger partial charge in [0.1, 0.15) is 0 Å². The van der Waals surface area contributed by atoms with Crippen LogP contribution in [0.1, 0.15) is 13.3 Å². The maximum absolute atomic E-state index is 3.81. The van der Waals surface area contributed by atoms with E-state index in [-0.39, 0.29) is 0 Å². The minimum Gasteiger partial charge on any atom is -0.119 e. The van der Waals surface area contributed by atoms with Crippen LogP contribution in [0.4, 0.5) is 0 Å². The van der Waals surface area contributed by atoms with Crippen molar-refractivity contribution in [1.82, 2.24) is 0 Å². The summed E-state index contributed by atoms with van der Waals surface area (Å²) in [5, 5.41) is 0.549. The van der Waals surface area contributed by atoms with Crippen molar-refractivity contribution < 1.29 is 0 Å². The zero-order valence-corrected chi connectivity index (χ0v) is 8.18. The average Bonchev–Trinajstić information content (AvgIpc) is 2.16. The Kier molecular flexibility index (Phi) is 3.95. The van der Waals surface area contributed by atoms with Gasteiger partial charge in [0.25, 0.3) is 0 Å². The molecule has 1 aromatic carbocycles. The van der Waals surface area contributed by atoms with Gasteiger partial charge in [-0.1, -0.05) is 31.2 Å². The third-order valence-corrected chi connectivity index (χ3v) is 3.07. The van der Waals surface area contributed by atoms with E-state index in [1.807, 2.05) is 23.9 Å². The molecule has 0 amide bonds. The Balaban J connectivity index is 2.56. The van der Waals surface area contributed by atoms with Crippen molar-refractivity contribution in [1.29, 1.82) is 0 Å². The lowest BCUT2D eigenvalue weighted by atomic mass is 10.3. The second kappa shape index (κ2) is 5.04. The van der Waals surface area contributed by atoms with Crippen LogP contribution in [0.3, 0.4) is 0 Å². The van der Waals surface area contributed by atoms with E-state index in [1.165, 1.54) is 4.90 Å². The number of hydrogen-bond donors (Lipinski definition) is 0. The summed E-state index contributed by atoms with van der Waals surface area (Å²) in [6, 6.07) is 10.4. The van der Waals surface area contributed by atoms with Gasteiger partial charge < -0.3 is 0 Å². The lowest BCUT2D eigenvalue weighted by Crippen LogP contribution is -1.93. The summed E-state index contributed by atoms with van der Waals surface area (Å²) in [7, 11) is 0. The fourth-order valence-electron chi connectivity index (χ4n) is 0.972. The molecule has 0 fully saturated rings. The number of rotatable bonds is 4. The molecule has 0 aromatic heterocycles. The van der Waals surface area contributed by atoms with Gasteiger partial charge in [-0.2, -0.15) is 0 Å². The van der Waals surface area contributed by atoms with Crippen molar-refractivity contribution in [3.63, 3.8) is 0 Å². The topological polar surface area (TPSA) is 0 Å². The van der Waals surface area contributed by atoms with Crippen molar-refractivity contribution in [2.45, 2.75) is 23.5 Å². The molecule has 0 N–H and O–H groups in total.